The van der Waals surface area contributed by atoms with E-state index in [0.717, 1.165) is 42.5 Å². The molecule has 2 rings (SSSR count). The standard InChI is InChI=1S/C18H27N5OS.HI/c1-4-15-13-22-16(25-15)9-11-21-18(19-5-2)23-12-14-8-7-10-20-17(14)24-6-3;/h7-8,10,13H,4-6,9,11-12H2,1-3H3,(H2,19,21,23);1H. The molecule has 26 heavy (non-hydrogen) atoms. The Hall–Kier alpha value is -1.42. The molecule has 0 saturated heterocycles. The second-order valence-corrected chi connectivity index (χ2v) is 6.55. The van der Waals surface area contributed by atoms with Crippen LogP contribution in [-0.2, 0) is 19.4 Å². The maximum absolute atomic E-state index is 5.55. The highest BCUT2D eigenvalue weighted by Crippen LogP contribution is 2.15. The van der Waals surface area contributed by atoms with Crippen LogP contribution in [0.2, 0.25) is 0 Å². The molecule has 0 amide bonds. The second-order valence-electron chi connectivity index (χ2n) is 5.35. The third-order valence-corrected chi connectivity index (χ3v) is 4.67. The summed E-state index contributed by atoms with van der Waals surface area (Å²) < 4.78 is 5.55. The van der Waals surface area contributed by atoms with Crippen molar-refractivity contribution in [2.75, 3.05) is 19.7 Å². The number of ether oxygens (including phenoxy) is 1. The van der Waals surface area contributed by atoms with E-state index >= 15 is 0 Å². The normalized spacial score (nSPS) is 11.0. The highest BCUT2D eigenvalue weighted by Gasteiger charge is 2.05. The van der Waals surface area contributed by atoms with Crippen molar-refractivity contribution in [3.8, 4) is 5.88 Å². The predicted molar refractivity (Wildman–Crippen MR) is 119 cm³/mol. The average Bonchev–Trinajstić information content (AvgIpc) is 3.09. The predicted octanol–water partition coefficient (Wildman–Crippen LogP) is 3.42. The number of nitrogens with zero attached hydrogens (tertiary/aromatic N) is 3. The van der Waals surface area contributed by atoms with E-state index in [1.54, 1.807) is 17.5 Å². The summed E-state index contributed by atoms with van der Waals surface area (Å²) in [6, 6.07) is 3.90. The van der Waals surface area contributed by atoms with E-state index in [9.17, 15) is 0 Å². The first kappa shape index (κ1) is 22.6. The van der Waals surface area contributed by atoms with Crippen molar-refractivity contribution in [3.05, 3.63) is 40.0 Å². The SMILES string of the molecule is CCNC(=NCc1cccnc1OCC)NCCc1ncc(CC)s1.I. The van der Waals surface area contributed by atoms with Crippen LogP contribution in [0.3, 0.4) is 0 Å². The molecular weight excluding hydrogens is 461 g/mol. The summed E-state index contributed by atoms with van der Waals surface area (Å²) in [6.07, 6.45) is 5.64. The van der Waals surface area contributed by atoms with Crippen molar-refractivity contribution in [2.45, 2.75) is 40.2 Å². The Bertz CT molecular complexity index is 677. The molecule has 2 aromatic rings. The molecular formula is C18H28IN5OS. The number of guanidine groups is 1. The monoisotopic (exact) mass is 489 g/mol. The number of rotatable bonds is 9. The molecule has 0 spiro atoms. The van der Waals surface area contributed by atoms with Gasteiger partial charge in [-0.3, -0.25) is 0 Å². The molecule has 8 heteroatoms. The Kier molecular flexibility index (Phi) is 11.2. The van der Waals surface area contributed by atoms with Gasteiger partial charge in [-0.1, -0.05) is 13.0 Å². The Balaban J connectivity index is 0.00000338. The van der Waals surface area contributed by atoms with Crippen LogP contribution in [0, 0.1) is 0 Å². The molecule has 6 nitrogen and oxygen atoms in total. The Morgan fingerprint density at radius 2 is 2.08 bits per heavy atom. The first-order valence-corrected chi connectivity index (χ1v) is 9.60. The molecule has 0 bridgehead atoms. The van der Waals surface area contributed by atoms with Crippen molar-refractivity contribution < 1.29 is 4.74 Å². The van der Waals surface area contributed by atoms with Gasteiger partial charge >= 0.3 is 0 Å². The molecule has 0 aliphatic rings. The summed E-state index contributed by atoms with van der Waals surface area (Å²) in [5, 5.41) is 7.79. The van der Waals surface area contributed by atoms with E-state index < -0.39 is 0 Å². The van der Waals surface area contributed by atoms with Gasteiger partial charge < -0.3 is 15.4 Å². The van der Waals surface area contributed by atoms with Gasteiger partial charge in [-0.2, -0.15) is 0 Å². The molecule has 144 valence electrons. The van der Waals surface area contributed by atoms with E-state index in [1.807, 2.05) is 25.3 Å². The zero-order valence-electron chi connectivity index (χ0n) is 15.6. The molecule has 2 heterocycles. The van der Waals surface area contributed by atoms with Gasteiger partial charge in [0.15, 0.2) is 5.96 Å². The van der Waals surface area contributed by atoms with E-state index in [-0.39, 0.29) is 24.0 Å². The van der Waals surface area contributed by atoms with E-state index in [0.29, 0.717) is 19.0 Å². The van der Waals surface area contributed by atoms with Gasteiger partial charge in [-0.25, -0.2) is 15.0 Å². The molecule has 0 aliphatic carbocycles. The lowest BCUT2D eigenvalue weighted by atomic mass is 10.3. The van der Waals surface area contributed by atoms with Gasteiger partial charge in [0, 0.05) is 42.3 Å². The number of hydrogen-bond donors (Lipinski definition) is 2. The number of aliphatic imine (C=N–C) groups is 1. The largest absolute Gasteiger partial charge is 0.478 e. The average molecular weight is 489 g/mol. The first-order valence-electron chi connectivity index (χ1n) is 8.79. The minimum atomic E-state index is 0. The van der Waals surface area contributed by atoms with E-state index in [1.165, 1.54) is 4.88 Å². The highest BCUT2D eigenvalue weighted by molar-refractivity contribution is 14.0. The first-order chi connectivity index (χ1) is 12.3. The van der Waals surface area contributed by atoms with E-state index in [2.05, 4.69) is 39.4 Å². The van der Waals surface area contributed by atoms with Crippen LogP contribution in [0.15, 0.2) is 29.5 Å². The summed E-state index contributed by atoms with van der Waals surface area (Å²) in [5.41, 5.74) is 0.981. The van der Waals surface area contributed by atoms with Gasteiger partial charge in [0.25, 0.3) is 0 Å². The van der Waals surface area contributed by atoms with Gasteiger partial charge in [-0.15, -0.1) is 35.3 Å². The number of halogens is 1. The third kappa shape index (κ3) is 7.45. The van der Waals surface area contributed by atoms with Crippen LogP contribution in [0.4, 0.5) is 0 Å². The summed E-state index contributed by atoms with van der Waals surface area (Å²) in [7, 11) is 0. The number of aromatic nitrogens is 2. The van der Waals surface area contributed by atoms with E-state index in [4.69, 9.17) is 4.74 Å². The van der Waals surface area contributed by atoms with Crippen molar-refractivity contribution in [2.24, 2.45) is 4.99 Å². The van der Waals surface area contributed by atoms with Gasteiger partial charge in [0.1, 0.15) is 0 Å². The van der Waals surface area contributed by atoms with Gasteiger partial charge in [0.2, 0.25) is 5.88 Å². The van der Waals surface area contributed by atoms with Gasteiger partial charge in [-0.05, 0) is 26.3 Å². The Morgan fingerprint density at radius 1 is 1.23 bits per heavy atom. The van der Waals surface area contributed by atoms with Crippen molar-refractivity contribution in [1.82, 2.24) is 20.6 Å². The number of pyridine rings is 1. The summed E-state index contributed by atoms with van der Waals surface area (Å²) >= 11 is 1.78. The molecule has 0 radical (unpaired) electrons. The van der Waals surface area contributed by atoms with Crippen LogP contribution in [0.1, 0.15) is 36.2 Å². The molecule has 0 saturated carbocycles. The number of aryl methyl sites for hydroxylation is 1. The molecule has 2 aromatic heterocycles. The zero-order valence-corrected chi connectivity index (χ0v) is 18.8. The third-order valence-electron chi connectivity index (χ3n) is 3.46. The summed E-state index contributed by atoms with van der Waals surface area (Å²) in [6.45, 7) is 8.90. The van der Waals surface area contributed by atoms with Crippen LogP contribution < -0.4 is 15.4 Å². The molecule has 0 aliphatic heterocycles. The van der Waals surface area contributed by atoms with Crippen molar-refractivity contribution in [1.29, 1.82) is 0 Å². The maximum Gasteiger partial charge on any atom is 0.218 e. The molecule has 2 N–H and O–H groups in total. The number of thiazole rings is 1. The number of hydrogen-bond acceptors (Lipinski definition) is 5. The molecule has 0 aromatic carbocycles. The fourth-order valence-corrected chi connectivity index (χ4v) is 3.09. The van der Waals surface area contributed by atoms with Crippen LogP contribution in [0.25, 0.3) is 0 Å². The quantitative estimate of drug-likeness (QED) is 0.321. The molecule has 0 fully saturated rings. The number of nitrogens with one attached hydrogen (secondary N) is 2. The van der Waals surface area contributed by atoms with Crippen molar-refractivity contribution in [3.63, 3.8) is 0 Å². The lowest BCUT2D eigenvalue weighted by Crippen LogP contribution is -2.38. The smallest absolute Gasteiger partial charge is 0.218 e. The van der Waals surface area contributed by atoms with Crippen LogP contribution >= 0.6 is 35.3 Å². The Morgan fingerprint density at radius 3 is 2.77 bits per heavy atom. The fraction of sp³-hybridized carbons (Fsp3) is 0.500. The lowest BCUT2D eigenvalue weighted by molar-refractivity contribution is 0.323. The van der Waals surface area contributed by atoms with Crippen LogP contribution in [0.5, 0.6) is 5.88 Å². The van der Waals surface area contributed by atoms with Crippen LogP contribution in [-0.4, -0.2) is 35.6 Å². The van der Waals surface area contributed by atoms with Crippen molar-refractivity contribution >= 4 is 41.3 Å². The fourth-order valence-electron chi connectivity index (χ4n) is 2.23. The topological polar surface area (TPSA) is 71.4 Å². The molecule has 0 atom stereocenters. The summed E-state index contributed by atoms with van der Waals surface area (Å²) in [4.78, 5) is 14.7. The summed E-state index contributed by atoms with van der Waals surface area (Å²) in [5.74, 6) is 1.44. The minimum Gasteiger partial charge on any atom is -0.478 e. The molecule has 0 unspecified atom stereocenters. The maximum atomic E-state index is 5.55. The Labute approximate surface area is 176 Å². The highest BCUT2D eigenvalue weighted by atomic mass is 127. The van der Waals surface area contributed by atoms with Gasteiger partial charge in [0.05, 0.1) is 18.2 Å². The zero-order chi connectivity index (χ0) is 17.9. The lowest BCUT2D eigenvalue weighted by Gasteiger charge is -2.11. The minimum absolute atomic E-state index is 0. The second kappa shape index (κ2) is 12.9.